The molecule has 0 fully saturated rings. The van der Waals surface area contributed by atoms with Crippen LogP contribution < -0.4 is 232 Å². The maximum absolute atomic E-state index is 12.3. The standard InChI is InChI=1S/C27H48N5O14P.4K/c28-15-5-1-3-9-21(33)29-16-6-2-4-10-22(34)31-19(26(40)41)11-13-23(35)30-18(25(38)39)8-7-17-46-47(44,45)32-20(27(42)43)12-14-24(36)37;;;;/h18-20H,1-17,28H2,(H,29,33)(H,30,35)(H,31,34)(H,36,37)(H,38,39)(H,40,41)(H,42,43)(H2,32,44,45);;;;/q;4*+1/t18-,19-,20-;;;;/m0..../s1. The number of hydrogen-bond acceptors (Lipinski definition) is 10. The Kier molecular flexibility index (Phi) is 47.5. The molecule has 0 heterocycles. The van der Waals surface area contributed by atoms with Crippen molar-refractivity contribution >= 4 is 49.3 Å². The van der Waals surface area contributed by atoms with Crippen molar-refractivity contribution in [1.29, 1.82) is 0 Å². The molecule has 0 radical (unpaired) electrons. The van der Waals surface area contributed by atoms with Crippen LogP contribution in [0.5, 0.6) is 0 Å². The van der Waals surface area contributed by atoms with Crippen LogP contribution in [0.3, 0.4) is 0 Å². The fourth-order valence-corrected chi connectivity index (χ4v) is 5.14. The summed E-state index contributed by atoms with van der Waals surface area (Å²) >= 11 is 0. The molecule has 0 spiro atoms. The molecule has 11 N–H and O–H groups in total. The van der Waals surface area contributed by atoms with Crippen molar-refractivity contribution in [2.45, 2.75) is 108 Å². The molecule has 0 aliphatic rings. The molecule has 0 aromatic rings. The molecule has 0 saturated heterocycles. The van der Waals surface area contributed by atoms with E-state index in [4.69, 9.17) is 20.5 Å². The number of aliphatic carboxylic acids is 4. The van der Waals surface area contributed by atoms with Gasteiger partial charge in [0, 0.05) is 32.2 Å². The van der Waals surface area contributed by atoms with E-state index in [-0.39, 0.29) is 237 Å². The molecular weight excluding hydrogens is 806 g/mol. The zero-order chi connectivity index (χ0) is 35.8. The Morgan fingerprint density at radius 3 is 1.57 bits per heavy atom. The van der Waals surface area contributed by atoms with E-state index < -0.39 is 87.4 Å². The van der Waals surface area contributed by atoms with Crippen molar-refractivity contribution in [3.8, 4) is 0 Å². The first kappa shape index (κ1) is 63.1. The van der Waals surface area contributed by atoms with Gasteiger partial charge in [-0.2, -0.15) is 0 Å². The van der Waals surface area contributed by atoms with Gasteiger partial charge in [-0.25, -0.2) is 19.2 Å². The van der Waals surface area contributed by atoms with E-state index in [1.165, 1.54) is 0 Å². The Balaban J connectivity index is -0.00000176. The number of unbranched alkanes of at least 4 members (excludes halogenated alkanes) is 4. The van der Waals surface area contributed by atoms with Crippen LogP contribution in [-0.2, 0) is 42.7 Å². The van der Waals surface area contributed by atoms with Gasteiger partial charge in [0.25, 0.3) is 0 Å². The van der Waals surface area contributed by atoms with Crippen molar-refractivity contribution in [3.63, 3.8) is 0 Å². The number of nitrogens with one attached hydrogen (secondary N) is 4. The molecule has 19 nitrogen and oxygen atoms in total. The Morgan fingerprint density at radius 2 is 1.06 bits per heavy atom. The van der Waals surface area contributed by atoms with Crippen LogP contribution in [0.15, 0.2) is 0 Å². The zero-order valence-corrected chi connectivity index (χ0v) is 43.6. The SMILES string of the molecule is NCCCCCC(=O)NCCCCCC(=O)N[C@@H](CCC(=O)N[C@@H](CCCOP(=O)(O)N[C@@H](CCC(=O)O)C(=O)O)C(=O)O)C(=O)O.[K+].[K+].[K+].[K+]. The summed E-state index contributed by atoms with van der Waals surface area (Å²) in [7, 11) is -4.71. The molecule has 0 bridgehead atoms. The van der Waals surface area contributed by atoms with Crippen LogP contribution in [0.4, 0.5) is 0 Å². The number of amides is 3. The quantitative estimate of drug-likeness (QED) is 0.0190. The summed E-state index contributed by atoms with van der Waals surface area (Å²) in [6, 6.07) is -4.57. The summed E-state index contributed by atoms with van der Waals surface area (Å²) in [6.45, 7) is 0.520. The average Bonchev–Trinajstić information content (AvgIpc) is 2.98. The fraction of sp³-hybridized carbons (Fsp3) is 0.741. The van der Waals surface area contributed by atoms with Crippen LogP contribution in [0.25, 0.3) is 0 Å². The molecule has 0 aliphatic heterocycles. The maximum Gasteiger partial charge on any atom is 1.00 e. The van der Waals surface area contributed by atoms with Gasteiger partial charge in [0.05, 0.1) is 6.61 Å². The molecule has 4 atom stereocenters. The number of carbonyl (C=O) groups is 7. The van der Waals surface area contributed by atoms with E-state index in [2.05, 4.69) is 16.0 Å². The number of carboxylic acids is 4. The molecule has 0 aromatic heterocycles. The predicted molar refractivity (Wildman–Crippen MR) is 164 cm³/mol. The number of rotatable bonds is 29. The van der Waals surface area contributed by atoms with E-state index >= 15 is 0 Å². The average molecular weight is 854 g/mol. The predicted octanol–water partition coefficient (Wildman–Crippen LogP) is -12.1. The van der Waals surface area contributed by atoms with Crippen LogP contribution in [-0.4, -0.2) is 105 Å². The Bertz CT molecular complexity index is 1110. The molecule has 51 heavy (non-hydrogen) atoms. The largest absolute Gasteiger partial charge is 1.00 e. The van der Waals surface area contributed by atoms with Crippen molar-refractivity contribution in [2.75, 3.05) is 19.7 Å². The van der Waals surface area contributed by atoms with Crippen molar-refractivity contribution in [1.82, 2.24) is 21.0 Å². The van der Waals surface area contributed by atoms with Crippen molar-refractivity contribution in [2.24, 2.45) is 5.73 Å². The van der Waals surface area contributed by atoms with Crippen LogP contribution >= 0.6 is 7.75 Å². The van der Waals surface area contributed by atoms with Crippen LogP contribution in [0, 0.1) is 0 Å². The van der Waals surface area contributed by atoms with Crippen molar-refractivity contribution in [3.05, 3.63) is 0 Å². The topological polar surface area (TPSA) is 321 Å². The van der Waals surface area contributed by atoms with Gasteiger partial charge < -0.3 is 47.0 Å². The molecular formula is C27H48K4N5O14P+4. The van der Waals surface area contributed by atoms with E-state index in [1.54, 1.807) is 0 Å². The Morgan fingerprint density at radius 1 is 0.588 bits per heavy atom. The summed E-state index contributed by atoms with van der Waals surface area (Å²) in [5.41, 5.74) is 5.41. The first-order chi connectivity index (χ1) is 22.1. The minimum Gasteiger partial charge on any atom is -0.481 e. The summed E-state index contributed by atoms with van der Waals surface area (Å²) in [5, 5.41) is 45.7. The van der Waals surface area contributed by atoms with Gasteiger partial charge in [0.15, 0.2) is 0 Å². The van der Waals surface area contributed by atoms with Gasteiger partial charge in [0.1, 0.15) is 18.1 Å². The minimum atomic E-state index is -4.71. The number of hydrogen-bond donors (Lipinski definition) is 10. The third-order valence-electron chi connectivity index (χ3n) is 6.60. The normalized spacial score (nSPS) is 13.1. The second-order valence-electron chi connectivity index (χ2n) is 10.7. The zero-order valence-electron chi connectivity index (χ0n) is 30.2. The molecule has 270 valence electrons. The first-order valence-corrected chi connectivity index (χ1v) is 16.9. The maximum atomic E-state index is 12.3. The van der Waals surface area contributed by atoms with Gasteiger partial charge in [-0.05, 0) is 57.9 Å². The number of nitrogens with two attached hydrogens (primary N) is 1. The molecule has 0 saturated carbocycles. The fourth-order valence-electron chi connectivity index (χ4n) is 4.05. The second kappa shape index (κ2) is 38.4. The van der Waals surface area contributed by atoms with E-state index in [0.717, 1.165) is 19.3 Å². The third kappa shape index (κ3) is 37.0. The van der Waals surface area contributed by atoms with Gasteiger partial charge in [0.2, 0.25) is 17.7 Å². The molecule has 0 aromatic carbocycles. The van der Waals surface area contributed by atoms with Crippen molar-refractivity contribution < 1.29 is 274 Å². The van der Waals surface area contributed by atoms with Gasteiger partial charge >= 0.3 is 237 Å². The monoisotopic (exact) mass is 853 g/mol. The second-order valence-corrected chi connectivity index (χ2v) is 12.2. The number of carbonyl (C=O) groups excluding carboxylic acids is 3. The molecule has 24 heteroatoms. The molecule has 3 amide bonds. The van der Waals surface area contributed by atoms with E-state index in [9.17, 15) is 53.2 Å². The molecule has 0 aliphatic carbocycles. The summed E-state index contributed by atoms with van der Waals surface area (Å²) in [5.74, 6) is -7.15. The third-order valence-corrected chi connectivity index (χ3v) is 7.78. The smallest absolute Gasteiger partial charge is 0.481 e. The minimum absolute atomic E-state index is 0. The first-order valence-electron chi connectivity index (χ1n) is 15.3. The van der Waals surface area contributed by atoms with Gasteiger partial charge in [-0.15, -0.1) is 0 Å². The Hall–Kier alpha value is 2.91. The molecule has 0 rings (SSSR count). The van der Waals surface area contributed by atoms with E-state index in [0.29, 0.717) is 38.8 Å². The van der Waals surface area contributed by atoms with Gasteiger partial charge in [-0.1, -0.05) is 12.8 Å². The van der Waals surface area contributed by atoms with Crippen LogP contribution in [0.2, 0.25) is 0 Å². The summed E-state index contributed by atoms with van der Waals surface area (Å²) in [6.07, 6.45) is 2.36. The summed E-state index contributed by atoms with van der Waals surface area (Å²) < 4.78 is 16.8. The molecule has 1 unspecified atom stereocenters. The van der Waals surface area contributed by atoms with Gasteiger partial charge in [-0.3, -0.25) is 28.5 Å². The van der Waals surface area contributed by atoms with E-state index in [1.807, 2.05) is 5.09 Å². The Labute approximate surface area is 467 Å². The van der Waals surface area contributed by atoms with Crippen LogP contribution in [0.1, 0.15) is 89.9 Å². The number of carboxylic acid groups (broad SMARTS) is 4. The summed E-state index contributed by atoms with van der Waals surface area (Å²) in [4.78, 5) is 91.1.